The number of halogens is 1. The van der Waals surface area contributed by atoms with E-state index in [0.717, 1.165) is 37.2 Å². The van der Waals surface area contributed by atoms with Gasteiger partial charge in [0.1, 0.15) is 6.07 Å². The lowest BCUT2D eigenvalue weighted by molar-refractivity contribution is 0.110. The van der Waals surface area contributed by atoms with E-state index in [1.165, 1.54) is 0 Å². The minimum absolute atomic E-state index is 0.208. The van der Waals surface area contributed by atoms with E-state index < -0.39 is 8.32 Å². The van der Waals surface area contributed by atoms with Crippen molar-refractivity contribution in [2.45, 2.75) is 70.8 Å². The SMILES string of the molecule is Cc1c(NC[C@H]2NCCC[C@H]2O[Si](C)(C)C(C)(C)C)ccc(C#N)c1Cl. The standard InChI is InChI=1S/C20H32ClN3OSi/c1-14-16(10-9-15(12-22)19(14)21)24-13-17-18(8-7-11-23-17)25-26(5,6)20(2,3)4/h9-10,17-18,23-24H,7-8,11,13H2,1-6H3/t17-,18-/m1/s1. The number of nitriles is 1. The first-order valence-electron chi connectivity index (χ1n) is 9.41. The van der Waals surface area contributed by atoms with Gasteiger partial charge in [-0.2, -0.15) is 5.26 Å². The molecular weight excluding hydrogens is 362 g/mol. The molecule has 1 aromatic carbocycles. The molecule has 2 N–H and O–H groups in total. The van der Waals surface area contributed by atoms with Gasteiger partial charge in [-0.1, -0.05) is 32.4 Å². The molecule has 1 saturated heterocycles. The maximum atomic E-state index is 9.10. The highest BCUT2D eigenvalue weighted by molar-refractivity contribution is 6.74. The number of anilines is 1. The van der Waals surface area contributed by atoms with Crippen molar-refractivity contribution in [1.29, 1.82) is 5.26 Å². The summed E-state index contributed by atoms with van der Waals surface area (Å²) < 4.78 is 6.70. The van der Waals surface area contributed by atoms with Gasteiger partial charge in [0.25, 0.3) is 0 Å². The van der Waals surface area contributed by atoms with Crippen LogP contribution in [0.1, 0.15) is 44.7 Å². The van der Waals surface area contributed by atoms with Gasteiger partial charge in [-0.25, -0.2) is 0 Å². The molecule has 0 bridgehead atoms. The van der Waals surface area contributed by atoms with Crippen LogP contribution in [0.3, 0.4) is 0 Å². The molecule has 0 amide bonds. The second-order valence-electron chi connectivity index (χ2n) is 8.71. The van der Waals surface area contributed by atoms with E-state index in [2.05, 4.69) is 50.6 Å². The van der Waals surface area contributed by atoms with Gasteiger partial charge in [-0.3, -0.25) is 0 Å². The third kappa shape index (κ3) is 4.80. The maximum absolute atomic E-state index is 9.10. The van der Waals surface area contributed by atoms with E-state index in [9.17, 15) is 0 Å². The fourth-order valence-corrected chi connectivity index (χ4v) is 4.61. The molecular formula is C20H32ClN3OSi. The monoisotopic (exact) mass is 393 g/mol. The van der Waals surface area contributed by atoms with E-state index >= 15 is 0 Å². The predicted octanol–water partition coefficient (Wildman–Crippen LogP) is 5.07. The van der Waals surface area contributed by atoms with Crippen LogP contribution in [-0.4, -0.2) is 33.6 Å². The van der Waals surface area contributed by atoms with Crippen molar-refractivity contribution < 1.29 is 4.43 Å². The molecule has 0 spiro atoms. The largest absolute Gasteiger partial charge is 0.412 e. The van der Waals surface area contributed by atoms with Gasteiger partial charge in [0.2, 0.25) is 0 Å². The summed E-state index contributed by atoms with van der Waals surface area (Å²) in [4.78, 5) is 0. The van der Waals surface area contributed by atoms with E-state index in [1.54, 1.807) is 6.07 Å². The first kappa shape index (κ1) is 21.2. The lowest BCUT2D eigenvalue weighted by Crippen LogP contribution is -2.55. The van der Waals surface area contributed by atoms with Crippen molar-refractivity contribution in [2.75, 3.05) is 18.4 Å². The number of nitrogens with zero attached hydrogens (tertiary/aromatic N) is 1. The van der Waals surface area contributed by atoms with Crippen LogP contribution in [0.15, 0.2) is 12.1 Å². The smallest absolute Gasteiger partial charge is 0.192 e. The minimum Gasteiger partial charge on any atom is -0.412 e. The quantitative estimate of drug-likeness (QED) is 0.685. The molecule has 0 aromatic heterocycles. The van der Waals surface area contributed by atoms with Crippen molar-refractivity contribution in [3.8, 4) is 6.07 Å². The van der Waals surface area contributed by atoms with Crippen LogP contribution in [0.25, 0.3) is 0 Å². The number of piperidine rings is 1. The highest BCUT2D eigenvalue weighted by atomic mass is 35.5. The lowest BCUT2D eigenvalue weighted by atomic mass is 10.0. The van der Waals surface area contributed by atoms with E-state index in [1.807, 2.05) is 13.0 Å². The Hall–Kier alpha value is -1.06. The minimum atomic E-state index is -1.80. The third-order valence-electron chi connectivity index (χ3n) is 5.79. The molecule has 1 aliphatic heterocycles. The Kier molecular flexibility index (Phi) is 6.79. The van der Waals surface area contributed by atoms with Crippen molar-refractivity contribution in [3.05, 3.63) is 28.3 Å². The molecule has 1 aliphatic rings. The summed E-state index contributed by atoms with van der Waals surface area (Å²) in [7, 11) is -1.80. The highest BCUT2D eigenvalue weighted by Gasteiger charge is 2.41. The first-order chi connectivity index (χ1) is 12.1. The average Bonchev–Trinajstić information content (AvgIpc) is 2.56. The fraction of sp³-hybridized carbons (Fsp3) is 0.650. The molecule has 4 nitrogen and oxygen atoms in total. The average molecular weight is 394 g/mol. The molecule has 1 fully saturated rings. The molecule has 0 unspecified atom stereocenters. The van der Waals surface area contributed by atoms with Gasteiger partial charge in [-0.15, -0.1) is 0 Å². The van der Waals surface area contributed by atoms with Gasteiger partial charge in [0, 0.05) is 18.3 Å². The summed E-state index contributed by atoms with van der Waals surface area (Å²) in [5.74, 6) is 0. The van der Waals surface area contributed by atoms with Gasteiger partial charge in [0.15, 0.2) is 8.32 Å². The number of nitrogens with one attached hydrogen (secondary N) is 2. The Labute approximate surface area is 164 Å². The van der Waals surface area contributed by atoms with Crippen molar-refractivity contribution in [3.63, 3.8) is 0 Å². The molecule has 0 saturated carbocycles. The van der Waals surface area contributed by atoms with Crippen LogP contribution in [0.2, 0.25) is 23.2 Å². The van der Waals surface area contributed by atoms with Crippen molar-refractivity contribution in [1.82, 2.24) is 5.32 Å². The Morgan fingerprint density at radius 3 is 2.69 bits per heavy atom. The molecule has 144 valence electrons. The zero-order valence-electron chi connectivity index (χ0n) is 16.9. The van der Waals surface area contributed by atoms with Gasteiger partial charge >= 0.3 is 0 Å². The molecule has 0 aliphatic carbocycles. The van der Waals surface area contributed by atoms with Crippen LogP contribution in [0, 0.1) is 18.3 Å². The van der Waals surface area contributed by atoms with E-state index in [-0.39, 0.29) is 17.2 Å². The van der Waals surface area contributed by atoms with E-state index in [0.29, 0.717) is 10.6 Å². The third-order valence-corrected chi connectivity index (χ3v) is 10.8. The molecule has 1 aromatic rings. The molecule has 2 rings (SSSR count). The van der Waals surface area contributed by atoms with Gasteiger partial charge in [-0.05, 0) is 62.1 Å². The predicted molar refractivity (Wildman–Crippen MR) is 112 cm³/mol. The summed E-state index contributed by atoms with van der Waals surface area (Å²) in [6.07, 6.45) is 2.47. The van der Waals surface area contributed by atoms with E-state index in [4.69, 9.17) is 21.3 Å². The van der Waals surface area contributed by atoms with Gasteiger partial charge in [0.05, 0.1) is 16.7 Å². The van der Waals surface area contributed by atoms with Crippen LogP contribution in [0.5, 0.6) is 0 Å². The molecule has 1 heterocycles. The number of rotatable bonds is 5. The second-order valence-corrected chi connectivity index (χ2v) is 13.8. The fourth-order valence-electron chi connectivity index (χ4n) is 3.01. The molecule has 2 atom stereocenters. The Balaban J connectivity index is 2.08. The zero-order valence-corrected chi connectivity index (χ0v) is 18.6. The topological polar surface area (TPSA) is 57.1 Å². The summed E-state index contributed by atoms with van der Waals surface area (Å²) in [6, 6.07) is 6.11. The van der Waals surface area contributed by atoms with Crippen molar-refractivity contribution in [2.24, 2.45) is 0 Å². The molecule has 6 heteroatoms. The molecule has 0 radical (unpaired) electrons. The summed E-state index contributed by atoms with van der Waals surface area (Å²) in [5.41, 5.74) is 2.42. The summed E-state index contributed by atoms with van der Waals surface area (Å²) in [6.45, 7) is 15.2. The summed E-state index contributed by atoms with van der Waals surface area (Å²) >= 11 is 6.29. The van der Waals surface area contributed by atoms with Crippen molar-refractivity contribution >= 4 is 25.6 Å². The number of hydrogen-bond acceptors (Lipinski definition) is 4. The van der Waals surface area contributed by atoms with Crippen LogP contribution in [-0.2, 0) is 4.43 Å². The Morgan fingerprint density at radius 2 is 2.08 bits per heavy atom. The maximum Gasteiger partial charge on any atom is 0.192 e. The first-order valence-corrected chi connectivity index (χ1v) is 12.7. The summed E-state index contributed by atoms with van der Waals surface area (Å²) in [5, 5.41) is 17.0. The lowest BCUT2D eigenvalue weighted by Gasteiger charge is -2.43. The number of benzene rings is 1. The normalized spacial score (nSPS) is 21.3. The molecule has 26 heavy (non-hydrogen) atoms. The van der Waals surface area contributed by atoms with Crippen LogP contribution >= 0.6 is 11.6 Å². The van der Waals surface area contributed by atoms with Crippen LogP contribution in [0.4, 0.5) is 5.69 Å². The van der Waals surface area contributed by atoms with Crippen LogP contribution < -0.4 is 10.6 Å². The highest BCUT2D eigenvalue weighted by Crippen LogP contribution is 2.38. The zero-order chi connectivity index (χ0) is 19.5. The Morgan fingerprint density at radius 1 is 1.38 bits per heavy atom. The second kappa shape index (κ2) is 8.31. The Bertz CT molecular complexity index is 679. The van der Waals surface area contributed by atoms with Gasteiger partial charge < -0.3 is 15.1 Å². The number of hydrogen-bond donors (Lipinski definition) is 2.